The fraction of sp³-hybridized carbons (Fsp3) is 0.320. The third kappa shape index (κ3) is 6.22. The van der Waals surface area contributed by atoms with Crippen molar-refractivity contribution >= 4 is 11.6 Å². The first-order valence-corrected chi connectivity index (χ1v) is 10.1. The zero-order valence-electron chi connectivity index (χ0n) is 18.8. The molecule has 0 aliphatic carbocycles. The van der Waals surface area contributed by atoms with E-state index in [-0.39, 0.29) is 5.54 Å². The van der Waals surface area contributed by atoms with Gasteiger partial charge in [-0.1, -0.05) is 42.8 Å². The zero-order valence-corrected chi connectivity index (χ0v) is 18.8. The summed E-state index contributed by atoms with van der Waals surface area (Å²) in [6.07, 6.45) is 6.24. The van der Waals surface area contributed by atoms with Crippen LogP contribution in [0.3, 0.4) is 0 Å². The predicted octanol–water partition coefficient (Wildman–Crippen LogP) is 5.33. The van der Waals surface area contributed by atoms with Crippen molar-refractivity contribution in [1.82, 2.24) is 15.0 Å². The van der Waals surface area contributed by atoms with Gasteiger partial charge in [0.2, 0.25) is 5.88 Å². The van der Waals surface area contributed by atoms with Crippen LogP contribution in [0.25, 0.3) is 11.6 Å². The van der Waals surface area contributed by atoms with E-state index in [1.807, 2.05) is 38.1 Å². The van der Waals surface area contributed by atoms with Gasteiger partial charge in [0, 0.05) is 11.7 Å². The summed E-state index contributed by atoms with van der Waals surface area (Å²) in [5.41, 5.74) is 12.2. The third-order valence-corrected chi connectivity index (χ3v) is 5.12. The van der Waals surface area contributed by atoms with Crippen molar-refractivity contribution in [1.29, 1.82) is 0 Å². The van der Waals surface area contributed by atoms with Crippen molar-refractivity contribution in [2.75, 3.05) is 7.11 Å². The second-order valence-electron chi connectivity index (χ2n) is 7.56. The van der Waals surface area contributed by atoms with Crippen molar-refractivity contribution in [2.24, 2.45) is 5.73 Å². The van der Waals surface area contributed by atoms with Crippen LogP contribution in [-0.4, -0.2) is 22.1 Å². The van der Waals surface area contributed by atoms with Gasteiger partial charge in [-0.3, -0.25) is 4.98 Å². The van der Waals surface area contributed by atoms with E-state index >= 15 is 0 Å². The summed E-state index contributed by atoms with van der Waals surface area (Å²) in [6, 6.07) is 14.3. The standard InChI is InChI=1S/C14H15N3O.C11H17N/c1-10(13-6-4-5-7-15-13)8-12-11(2)16-9-17-14(12)18-3;1-4-11(3,12)10-7-5-9(2)6-8-10/h4-9H,1-3H3;5-8H,4,12H2,1-3H3/b10-8+;. The Balaban J connectivity index is 0.000000232. The molecule has 3 rings (SSSR count). The molecule has 0 aliphatic rings. The second kappa shape index (κ2) is 10.6. The molecule has 1 aromatic carbocycles. The van der Waals surface area contributed by atoms with Crippen LogP contribution in [0.5, 0.6) is 5.88 Å². The number of allylic oxidation sites excluding steroid dienone is 1. The summed E-state index contributed by atoms with van der Waals surface area (Å²) in [5.74, 6) is 0.581. The van der Waals surface area contributed by atoms with Gasteiger partial charge in [-0.15, -0.1) is 0 Å². The maximum Gasteiger partial charge on any atom is 0.223 e. The number of nitrogens with two attached hydrogens (primary N) is 1. The molecule has 158 valence electrons. The summed E-state index contributed by atoms with van der Waals surface area (Å²) in [7, 11) is 1.61. The van der Waals surface area contributed by atoms with E-state index < -0.39 is 0 Å². The van der Waals surface area contributed by atoms with Crippen LogP contribution in [0.4, 0.5) is 0 Å². The van der Waals surface area contributed by atoms with Crippen LogP contribution in [0.2, 0.25) is 0 Å². The number of rotatable bonds is 5. The van der Waals surface area contributed by atoms with Gasteiger partial charge in [-0.05, 0) is 63.5 Å². The highest BCUT2D eigenvalue weighted by atomic mass is 16.5. The predicted molar refractivity (Wildman–Crippen MR) is 124 cm³/mol. The molecule has 0 spiro atoms. The number of pyridine rings is 1. The van der Waals surface area contributed by atoms with E-state index in [9.17, 15) is 0 Å². The number of aromatic nitrogens is 3. The van der Waals surface area contributed by atoms with Crippen molar-refractivity contribution in [3.05, 3.63) is 83.1 Å². The minimum atomic E-state index is -0.173. The molecule has 0 saturated heterocycles. The van der Waals surface area contributed by atoms with Crippen LogP contribution in [-0.2, 0) is 5.54 Å². The lowest BCUT2D eigenvalue weighted by atomic mass is 9.90. The van der Waals surface area contributed by atoms with Crippen LogP contribution < -0.4 is 10.5 Å². The molecule has 5 heteroatoms. The molecule has 0 amide bonds. The Labute approximate surface area is 180 Å². The number of nitrogens with zero attached hydrogens (tertiary/aromatic N) is 3. The Morgan fingerprint density at radius 3 is 2.33 bits per heavy atom. The van der Waals surface area contributed by atoms with Crippen molar-refractivity contribution < 1.29 is 4.74 Å². The summed E-state index contributed by atoms with van der Waals surface area (Å²) in [4.78, 5) is 12.6. The molecule has 30 heavy (non-hydrogen) atoms. The number of aryl methyl sites for hydroxylation is 2. The highest BCUT2D eigenvalue weighted by Crippen LogP contribution is 2.23. The average molecular weight is 405 g/mol. The minimum Gasteiger partial charge on any atom is -0.480 e. The fourth-order valence-corrected chi connectivity index (χ4v) is 2.82. The van der Waals surface area contributed by atoms with Crippen molar-refractivity contribution in [2.45, 2.75) is 46.6 Å². The van der Waals surface area contributed by atoms with Crippen LogP contribution in [0, 0.1) is 13.8 Å². The van der Waals surface area contributed by atoms with Crippen LogP contribution in [0.15, 0.2) is 55.0 Å². The highest BCUT2D eigenvalue weighted by molar-refractivity contribution is 5.80. The molecule has 0 aliphatic heterocycles. The summed E-state index contributed by atoms with van der Waals surface area (Å²) in [5, 5.41) is 0. The molecular weight excluding hydrogens is 372 g/mol. The van der Waals surface area contributed by atoms with Gasteiger partial charge in [0.1, 0.15) is 6.33 Å². The van der Waals surface area contributed by atoms with Gasteiger partial charge in [0.15, 0.2) is 0 Å². The first-order valence-electron chi connectivity index (χ1n) is 10.1. The molecule has 0 radical (unpaired) electrons. The third-order valence-electron chi connectivity index (χ3n) is 5.12. The van der Waals surface area contributed by atoms with E-state index in [0.717, 1.165) is 28.9 Å². The maximum absolute atomic E-state index is 6.09. The first-order chi connectivity index (χ1) is 14.3. The summed E-state index contributed by atoms with van der Waals surface area (Å²) < 4.78 is 5.25. The number of methoxy groups -OCH3 is 1. The van der Waals surface area contributed by atoms with E-state index in [0.29, 0.717) is 5.88 Å². The Morgan fingerprint density at radius 1 is 1.07 bits per heavy atom. The topological polar surface area (TPSA) is 73.9 Å². The number of hydrogen-bond acceptors (Lipinski definition) is 5. The average Bonchev–Trinajstić information content (AvgIpc) is 2.76. The Kier molecular flexibility index (Phi) is 8.25. The van der Waals surface area contributed by atoms with Crippen molar-refractivity contribution in [3.63, 3.8) is 0 Å². The Morgan fingerprint density at radius 2 is 1.77 bits per heavy atom. The van der Waals surface area contributed by atoms with Gasteiger partial charge < -0.3 is 10.5 Å². The SMILES string of the molecule is CCC(C)(N)c1ccc(C)cc1.COc1ncnc(C)c1/C=C(\C)c1ccccn1. The second-order valence-corrected chi connectivity index (χ2v) is 7.56. The summed E-state index contributed by atoms with van der Waals surface area (Å²) in [6.45, 7) is 10.2. The largest absolute Gasteiger partial charge is 0.480 e. The van der Waals surface area contributed by atoms with Gasteiger partial charge >= 0.3 is 0 Å². The quantitative estimate of drug-likeness (QED) is 0.622. The van der Waals surface area contributed by atoms with Crippen molar-refractivity contribution in [3.8, 4) is 5.88 Å². The Bertz CT molecular complexity index is 964. The molecule has 2 aromatic heterocycles. The van der Waals surface area contributed by atoms with Crippen LogP contribution in [0.1, 0.15) is 55.3 Å². The van der Waals surface area contributed by atoms with E-state index in [2.05, 4.69) is 60.0 Å². The molecule has 3 aromatic rings. The molecular formula is C25H32N4O. The number of ether oxygens (including phenoxy) is 1. The molecule has 0 saturated carbocycles. The van der Waals surface area contributed by atoms with E-state index in [4.69, 9.17) is 10.5 Å². The maximum atomic E-state index is 6.09. The van der Waals surface area contributed by atoms with E-state index in [1.165, 1.54) is 17.5 Å². The first kappa shape index (κ1) is 23.2. The van der Waals surface area contributed by atoms with Gasteiger partial charge in [-0.25, -0.2) is 9.97 Å². The smallest absolute Gasteiger partial charge is 0.223 e. The molecule has 1 atom stereocenters. The minimum absolute atomic E-state index is 0.173. The van der Waals surface area contributed by atoms with Gasteiger partial charge in [0.25, 0.3) is 0 Å². The molecule has 2 heterocycles. The number of hydrogen-bond donors (Lipinski definition) is 1. The monoisotopic (exact) mass is 404 g/mol. The van der Waals surface area contributed by atoms with Gasteiger partial charge in [0.05, 0.1) is 24.1 Å². The molecule has 0 fully saturated rings. The van der Waals surface area contributed by atoms with Gasteiger partial charge in [-0.2, -0.15) is 0 Å². The highest BCUT2D eigenvalue weighted by Gasteiger charge is 2.17. The lowest BCUT2D eigenvalue weighted by Crippen LogP contribution is -2.31. The normalized spacial score (nSPS) is 13.1. The molecule has 0 bridgehead atoms. The lowest BCUT2D eigenvalue weighted by Gasteiger charge is -2.23. The zero-order chi connectivity index (χ0) is 22.1. The Hall–Kier alpha value is -3.05. The van der Waals surface area contributed by atoms with E-state index in [1.54, 1.807) is 13.3 Å². The van der Waals surface area contributed by atoms with Crippen LogP contribution >= 0.6 is 0 Å². The number of benzene rings is 1. The fourth-order valence-electron chi connectivity index (χ4n) is 2.82. The lowest BCUT2D eigenvalue weighted by molar-refractivity contribution is 0.395. The molecule has 1 unspecified atom stereocenters. The summed E-state index contributed by atoms with van der Waals surface area (Å²) >= 11 is 0. The molecule has 2 N–H and O–H groups in total. The molecule has 5 nitrogen and oxygen atoms in total.